The van der Waals surface area contributed by atoms with E-state index in [0.29, 0.717) is 18.1 Å². The standard InChI is InChI=1S/C15H22N4O2/c1-3-9-16-15(21)12-10-13(19(2)18-12)17-14(20)11-7-5-4-6-8-11/h3,10-11H,1,4-9H2,2H3,(H,16,21)(H,17,20). The van der Waals surface area contributed by atoms with Gasteiger partial charge in [0.1, 0.15) is 5.82 Å². The molecule has 1 aromatic heterocycles. The second kappa shape index (κ2) is 7.06. The number of aryl methyl sites for hydroxylation is 1. The van der Waals surface area contributed by atoms with Gasteiger partial charge in [-0.25, -0.2) is 0 Å². The van der Waals surface area contributed by atoms with Gasteiger partial charge in [-0.05, 0) is 12.8 Å². The summed E-state index contributed by atoms with van der Waals surface area (Å²) in [5.41, 5.74) is 0.290. The first kappa shape index (κ1) is 15.3. The Balaban J connectivity index is 1.99. The van der Waals surface area contributed by atoms with Crippen LogP contribution in [0, 0.1) is 5.92 Å². The lowest BCUT2D eigenvalue weighted by Gasteiger charge is -2.20. The summed E-state index contributed by atoms with van der Waals surface area (Å²) >= 11 is 0. The van der Waals surface area contributed by atoms with Crippen LogP contribution in [0.25, 0.3) is 0 Å². The van der Waals surface area contributed by atoms with Crippen LogP contribution in [0.1, 0.15) is 42.6 Å². The van der Waals surface area contributed by atoms with Crippen molar-refractivity contribution >= 4 is 17.6 Å². The van der Waals surface area contributed by atoms with E-state index in [-0.39, 0.29) is 17.7 Å². The first-order chi connectivity index (χ1) is 10.1. The SMILES string of the molecule is C=CCNC(=O)c1cc(NC(=O)C2CCCCC2)n(C)n1. The number of carbonyl (C=O) groups excluding carboxylic acids is 2. The van der Waals surface area contributed by atoms with Crippen LogP contribution in [0.15, 0.2) is 18.7 Å². The van der Waals surface area contributed by atoms with E-state index < -0.39 is 0 Å². The Morgan fingerprint density at radius 1 is 1.43 bits per heavy atom. The Morgan fingerprint density at radius 3 is 2.81 bits per heavy atom. The number of nitrogens with zero attached hydrogens (tertiary/aromatic N) is 2. The molecule has 2 amide bonds. The molecule has 6 nitrogen and oxygen atoms in total. The lowest BCUT2D eigenvalue weighted by Crippen LogP contribution is -2.25. The molecule has 1 fully saturated rings. The molecule has 0 bridgehead atoms. The van der Waals surface area contributed by atoms with Crippen molar-refractivity contribution in [1.82, 2.24) is 15.1 Å². The quantitative estimate of drug-likeness (QED) is 0.813. The molecule has 21 heavy (non-hydrogen) atoms. The first-order valence-electron chi connectivity index (χ1n) is 7.36. The van der Waals surface area contributed by atoms with Crippen molar-refractivity contribution < 1.29 is 9.59 Å². The molecule has 0 saturated heterocycles. The molecule has 1 aromatic rings. The van der Waals surface area contributed by atoms with E-state index in [2.05, 4.69) is 22.3 Å². The highest BCUT2D eigenvalue weighted by Crippen LogP contribution is 2.25. The lowest BCUT2D eigenvalue weighted by atomic mass is 9.89. The summed E-state index contributed by atoms with van der Waals surface area (Å²) < 4.78 is 1.52. The summed E-state index contributed by atoms with van der Waals surface area (Å²) in [6, 6.07) is 1.60. The fourth-order valence-electron chi connectivity index (χ4n) is 2.54. The molecule has 2 N–H and O–H groups in total. The second-order valence-electron chi connectivity index (χ2n) is 5.36. The van der Waals surface area contributed by atoms with E-state index in [4.69, 9.17) is 0 Å². The van der Waals surface area contributed by atoms with E-state index >= 15 is 0 Å². The van der Waals surface area contributed by atoms with Crippen LogP contribution in [0.3, 0.4) is 0 Å². The number of nitrogens with one attached hydrogen (secondary N) is 2. The van der Waals surface area contributed by atoms with Gasteiger partial charge in [-0.15, -0.1) is 6.58 Å². The molecular weight excluding hydrogens is 268 g/mol. The van der Waals surface area contributed by atoms with Crippen LogP contribution in [0.5, 0.6) is 0 Å². The van der Waals surface area contributed by atoms with Gasteiger partial charge in [0.25, 0.3) is 5.91 Å². The van der Waals surface area contributed by atoms with Crippen molar-refractivity contribution in [1.29, 1.82) is 0 Å². The zero-order chi connectivity index (χ0) is 15.2. The Morgan fingerprint density at radius 2 is 2.14 bits per heavy atom. The van der Waals surface area contributed by atoms with Gasteiger partial charge in [-0.1, -0.05) is 25.3 Å². The Kier molecular flexibility index (Phi) is 5.14. The minimum Gasteiger partial charge on any atom is -0.347 e. The summed E-state index contributed by atoms with van der Waals surface area (Å²) in [5.74, 6) is 0.375. The zero-order valence-electron chi connectivity index (χ0n) is 12.4. The topological polar surface area (TPSA) is 76.0 Å². The van der Waals surface area contributed by atoms with Gasteiger partial charge in [0.05, 0.1) is 0 Å². The van der Waals surface area contributed by atoms with Crippen molar-refractivity contribution in [2.24, 2.45) is 13.0 Å². The molecule has 0 aromatic carbocycles. The molecule has 0 aliphatic heterocycles. The van der Waals surface area contributed by atoms with Crippen LogP contribution < -0.4 is 10.6 Å². The molecule has 1 aliphatic carbocycles. The van der Waals surface area contributed by atoms with Crippen molar-refractivity contribution in [3.05, 3.63) is 24.4 Å². The van der Waals surface area contributed by atoms with Crippen LogP contribution in [-0.4, -0.2) is 28.1 Å². The van der Waals surface area contributed by atoms with Gasteiger partial charge in [0, 0.05) is 25.6 Å². The highest BCUT2D eigenvalue weighted by Gasteiger charge is 2.22. The monoisotopic (exact) mass is 290 g/mol. The van der Waals surface area contributed by atoms with E-state index in [1.807, 2.05) is 0 Å². The molecule has 0 spiro atoms. The minimum atomic E-state index is -0.274. The lowest BCUT2D eigenvalue weighted by molar-refractivity contribution is -0.120. The van der Waals surface area contributed by atoms with Gasteiger partial charge >= 0.3 is 0 Å². The Hall–Kier alpha value is -2.11. The molecule has 1 saturated carbocycles. The predicted molar refractivity (Wildman–Crippen MR) is 80.9 cm³/mol. The summed E-state index contributed by atoms with van der Waals surface area (Å²) in [7, 11) is 1.71. The molecule has 2 rings (SSSR count). The molecule has 0 radical (unpaired) electrons. The normalized spacial score (nSPS) is 15.5. The molecule has 1 aliphatic rings. The third-order valence-corrected chi connectivity index (χ3v) is 3.75. The largest absolute Gasteiger partial charge is 0.347 e. The van der Waals surface area contributed by atoms with E-state index in [0.717, 1.165) is 25.7 Å². The fourth-order valence-corrected chi connectivity index (χ4v) is 2.54. The van der Waals surface area contributed by atoms with E-state index in [1.54, 1.807) is 19.2 Å². The average molecular weight is 290 g/mol. The summed E-state index contributed by atoms with van der Waals surface area (Å²) in [6.07, 6.45) is 6.92. The molecule has 0 unspecified atom stereocenters. The predicted octanol–water partition coefficient (Wildman–Crippen LogP) is 1.85. The van der Waals surface area contributed by atoms with E-state index in [9.17, 15) is 9.59 Å². The number of rotatable bonds is 5. The summed E-state index contributed by atoms with van der Waals surface area (Å²) in [6.45, 7) is 3.93. The maximum absolute atomic E-state index is 12.2. The fraction of sp³-hybridized carbons (Fsp3) is 0.533. The maximum Gasteiger partial charge on any atom is 0.272 e. The van der Waals surface area contributed by atoms with Crippen molar-refractivity contribution in [2.45, 2.75) is 32.1 Å². The van der Waals surface area contributed by atoms with Crippen molar-refractivity contribution in [3.63, 3.8) is 0 Å². The highest BCUT2D eigenvalue weighted by molar-refractivity contribution is 5.96. The Bertz CT molecular complexity index is 530. The average Bonchev–Trinajstić information content (AvgIpc) is 2.87. The number of carbonyl (C=O) groups is 2. The zero-order valence-corrected chi connectivity index (χ0v) is 12.4. The molecule has 6 heteroatoms. The van der Waals surface area contributed by atoms with Crippen LogP contribution in [0.4, 0.5) is 5.82 Å². The number of amides is 2. The third-order valence-electron chi connectivity index (χ3n) is 3.75. The number of hydrogen-bond donors (Lipinski definition) is 2. The first-order valence-corrected chi connectivity index (χ1v) is 7.36. The maximum atomic E-state index is 12.2. The van der Waals surface area contributed by atoms with Crippen LogP contribution in [-0.2, 0) is 11.8 Å². The van der Waals surface area contributed by atoms with Crippen LogP contribution in [0.2, 0.25) is 0 Å². The smallest absolute Gasteiger partial charge is 0.272 e. The van der Waals surface area contributed by atoms with Gasteiger partial charge in [0.2, 0.25) is 5.91 Å². The van der Waals surface area contributed by atoms with Crippen LogP contribution >= 0.6 is 0 Å². The number of aromatic nitrogens is 2. The van der Waals surface area contributed by atoms with Gasteiger partial charge in [-0.2, -0.15) is 5.10 Å². The van der Waals surface area contributed by atoms with Gasteiger partial charge in [-0.3, -0.25) is 14.3 Å². The molecule has 0 atom stereocenters. The number of hydrogen-bond acceptors (Lipinski definition) is 3. The molecular formula is C15H22N4O2. The number of anilines is 1. The Labute approximate surface area is 124 Å². The summed E-state index contributed by atoms with van der Waals surface area (Å²) in [4.78, 5) is 24.0. The van der Waals surface area contributed by atoms with Crippen molar-refractivity contribution in [2.75, 3.05) is 11.9 Å². The van der Waals surface area contributed by atoms with Gasteiger partial charge in [0.15, 0.2) is 5.69 Å². The summed E-state index contributed by atoms with van der Waals surface area (Å²) in [5, 5.41) is 9.65. The second-order valence-corrected chi connectivity index (χ2v) is 5.36. The van der Waals surface area contributed by atoms with Crippen molar-refractivity contribution in [3.8, 4) is 0 Å². The molecule has 114 valence electrons. The molecule has 1 heterocycles. The highest BCUT2D eigenvalue weighted by atomic mass is 16.2. The van der Waals surface area contributed by atoms with E-state index in [1.165, 1.54) is 11.1 Å². The third kappa shape index (κ3) is 3.93. The minimum absolute atomic E-state index is 0.0238. The van der Waals surface area contributed by atoms with Gasteiger partial charge < -0.3 is 10.6 Å².